The van der Waals surface area contributed by atoms with Crippen molar-refractivity contribution in [1.29, 1.82) is 0 Å². The zero-order valence-electron chi connectivity index (χ0n) is 12.6. The normalized spacial score (nSPS) is 10.5. The van der Waals surface area contributed by atoms with Gasteiger partial charge in [-0.3, -0.25) is 0 Å². The Hall–Kier alpha value is -1.92. The Morgan fingerprint density at radius 1 is 1.27 bits per heavy atom. The number of hydrogen-bond donors (Lipinski definition) is 3. The molecule has 2 amide bonds. The van der Waals surface area contributed by atoms with E-state index in [-0.39, 0.29) is 12.6 Å². The smallest absolute Gasteiger partial charge is 0.315 e. The highest BCUT2D eigenvalue weighted by molar-refractivity contribution is 7.09. The van der Waals surface area contributed by atoms with Crippen LogP contribution in [-0.4, -0.2) is 22.7 Å². The van der Waals surface area contributed by atoms with E-state index in [1.807, 2.05) is 29.6 Å². The Morgan fingerprint density at radius 3 is 2.73 bits per heavy atom. The molecule has 0 saturated heterocycles. The number of aliphatic hydroxyl groups is 1. The van der Waals surface area contributed by atoms with Gasteiger partial charge in [0.05, 0.1) is 17.3 Å². The van der Waals surface area contributed by atoms with Gasteiger partial charge in [-0.05, 0) is 17.5 Å². The fraction of sp³-hybridized carbons (Fsp3) is 0.375. The molecule has 0 aliphatic rings. The van der Waals surface area contributed by atoms with E-state index in [4.69, 9.17) is 0 Å². The highest BCUT2D eigenvalue weighted by atomic mass is 32.1. The summed E-state index contributed by atoms with van der Waals surface area (Å²) >= 11 is 1.66. The lowest BCUT2D eigenvalue weighted by atomic mass is 10.1. The van der Waals surface area contributed by atoms with Crippen LogP contribution in [0.15, 0.2) is 29.6 Å². The summed E-state index contributed by atoms with van der Waals surface area (Å²) in [6, 6.07) is 7.30. The second kappa shape index (κ2) is 8.51. The SMILES string of the molecule is CCc1nc(CCNC(=O)NCc2ccccc2CO)cs1. The molecule has 0 saturated carbocycles. The number of aryl methyl sites for hydroxylation is 1. The molecule has 118 valence electrons. The van der Waals surface area contributed by atoms with Crippen molar-refractivity contribution in [3.05, 3.63) is 51.5 Å². The average molecular weight is 319 g/mol. The van der Waals surface area contributed by atoms with Crippen molar-refractivity contribution in [1.82, 2.24) is 15.6 Å². The number of thiazole rings is 1. The minimum absolute atomic E-state index is 0.0247. The number of nitrogens with zero attached hydrogens (tertiary/aromatic N) is 1. The molecule has 1 heterocycles. The summed E-state index contributed by atoms with van der Waals surface area (Å²) in [5.41, 5.74) is 2.78. The predicted octanol–water partition coefficient (Wildman–Crippen LogP) is 2.24. The lowest BCUT2D eigenvalue weighted by molar-refractivity contribution is 0.240. The molecule has 22 heavy (non-hydrogen) atoms. The molecule has 3 N–H and O–H groups in total. The van der Waals surface area contributed by atoms with Gasteiger partial charge in [0, 0.05) is 24.9 Å². The van der Waals surface area contributed by atoms with Gasteiger partial charge in [0.1, 0.15) is 0 Å². The van der Waals surface area contributed by atoms with Gasteiger partial charge < -0.3 is 15.7 Å². The van der Waals surface area contributed by atoms with Gasteiger partial charge in [0.2, 0.25) is 0 Å². The van der Waals surface area contributed by atoms with Crippen LogP contribution in [0.2, 0.25) is 0 Å². The number of urea groups is 1. The third-order valence-corrected chi connectivity index (χ3v) is 4.34. The van der Waals surface area contributed by atoms with Crippen LogP contribution in [0.5, 0.6) is 0 Å². The molecule has 5 nitrogen and oxygen atoms in total. The standard InChI is InChI=1S/C16H21N3O2S/c1-2-15-19-14(11-22-15)7-8-17-16(21)18-9-12-5-3-4-6-13(12)10-20/h3-6,11,20H,2,7-10H2,1H3,(H2,17,18,21). The van der Waals surface area contributed by atoms with Crippen molar-refractivity contribution >= 4 is 17.4 Å². The molecule has 6 heteroatoms. The maximum atomic E-state index is 11.8. The quantitative estimate of drug-likeness (QED) is 0.733. The topological polar surface area (TPSA) is 74.2 Å². The van der Waals surface area contributed by atoms with Crippen molar-refractivity contribution in [2.75, 3.05) is 6.54 Å². The van der Waals surface area contributed by atoms with Crippen LogP contribution < -0.4 is 10.6 Å². The van der Waals surface area contributed by atoms with Crippen LogP contribution in [0, 0.1) is 0 Å². The van der Waals surface area contributed by atoms with Crippen LogP contribution in [0.4, 0.5) is 4.79 Å². The number of nitrogens with one attached hydrogen (secondary N) is 2. The van der Waals surface area contributed by atoms with Crippen LogP contribution >= 0.6 is 11.3 Å². The highest BCUT2D eigenvalue weighted by Gasteiger charge is 2.05. The summed E-state index contributed by atoms with van der Waals surface area (Å²) in [5.74, 6) is 0. The van der Waals surface area contributed by atoms with E-state index in [0.29, 0.717) is 13.1 Å². The molecule has 0 radical (unpaired) electrons. The van der Waals surface area contributed by atoms with E-state index in [1.54, 1.807) is 11.3 Å². The molecule has 0 unspecified atom stereocenters. The number of benzene rings is 1. The van der Waals surface area contributed by atoms with Crippen LogP contribution in [0.3, 0.4) is 0 Å². The van der Waals surface area contributed by atoms with Crippen LogP contribution in [0.1, 0.15) is 28.8 Å². The molecule has 0 atom stereocenters. The van der Waals surface area contributed by atoms with Gasteiger partial charge >= 0.3 is 6.03 Å². The second-order valence-corrected chi connectivity index (χ2v) is 5.82. The number of aliphatic hydroxyl groups excluding tert-OH is 1. The average Bonchev–Trinajstić information content (AvgIpc) is 3.01. The molecule has 0 aliphatic carbocycles. The van der Waals surface area contributed by atoms with E-state index >= 15 is 0 Å². The van der Waals surface area contributed by atoms with Gasteiger partial charge in [-0.15, -0.1) is 11.3 Å². The largest absolute Gasteiger partial charge is 0.392 e. The Bertz CT molecular complexity index is 613. The fourth-order valence-corrected chi connectivity index (χ4v) is 2.83. The Labute approximate surface area is 134 Å². The zero-order chi connectivity index (χ0) is 15.8. The summed E-state index contributed by atoms with van der Waals surface area (Å²) < 4.78 is 0. The summed E-state index contributed by atoms with van der Waals surface area (Å²) in [6.07, 6.45) is 1.68. The van der Waals surface area contributed by atoms with E-state index < -0.39 is 0 Å². The van der Waals surface area contributed by atoms with Crippen molar-refractivity contribution in [3.63, 3.8) is 0 Å². The van der Waals surface area contributed by atoms with Crippen LogP contribution in [-0.2, 0) is 26.0 Å². The van der Waals surface area contributed by atoms with Crippen molar-refractivity contribution in [2.24, 2.45) is 0 Å². The van der Waals surface area contributed by atoms with Gasteiger partial charge in [-0.1, -0.05) is 31.2 Å². The maximum absolute atomic E-state index is 11.8. The Kier molecular flexibility index (Phi) is 6.36. The first-order valence-corrected chi connectivity index (χ1v) is 8.23. The molecule has 1 aromatic carbocycles. The second-order valence-electron chi connectivity index (χ2n) is 4.87. The first kappa shape index (κ1) is 16.5. The third-order valence-electron chi connectivity index (χ3n) is 3.30. The lowest BCUT2D eigenvalue weighted by Gasteiger charge is -2.09. The number of carbonyl (C=O) groups excluding carboxylic acids is 1. The van der Waals surface area contributed by atoms with E-state index in [1.165, 1.54) is 0 Å². The van der Waals surface area contributed by atoms with Gasteiger partial charge in [0.25, 0.3) is 0 Å². The lowest BCUT2D eigenvalue weighted by Crippen LogP contribution is -2.36. The molecule has 0 spiro atoms. The molecule has 2 rings (SSSR count). The third kappa shape index (κ3) is 4.82. The molecule has 0 aliphatic heterocycles. The minimum Gasteiger partial charge on any atom is -0.392 e. The van der Waals surface area contributed by atoms with E-state index in [9.17, 15) is 9.90 Å². The predicted molar refractivity (Wildman–Crippen MR) is 87.8 cm³/mol. The molecular formula is C16H21N3O2S. The number of amides is 2. The summed E-state index contributed by atoms with van der Waals surface area (Å²) in [7, 11) is 0. The summed E-state index contributed by atoms with van der Waals surface area (Å²) in [6.45, 7) is 3.02. The number of aromatic nitrogens is 1. The van der Waals surface area contributed by atoms with Crippen molar-refractivity contribution in [3.8, 4) is 0 Å². The molecular weight excluding hydrogens is 298 g/mol. The molecule has 0 fully saturated rings. The minimum atomic E-state index is -0.210. The molecule has 0 bridgehead atoms. The van der Waals surface area contributed by atoms with Gasteiger partial charge in [-0.2, -0.15) is 0 Å². The number of carbonyl (C=O) groups is 1. The Balaban J connectivity index is 1.71. The van der Waals surface area contributed by atoms with E-state index in [2.05, 4.69) is 22.5 Å². The number of hydrogen-bond acceptors (Lipinski definition) is 4. The van der Waals surface area contributed by atoms with E-state index in [0.717, 1.165) is 34.7 Å². The fourth-order valence-electron chi connectivity index (χ4n) is 2.05. The molecule has 1 aromatic heterocycles. The van der Waals surface area contributed by atoms with Crippen molar-refractivity contribution in [2.45, 2.75) is 32.9 Å². The first-order chi connectivity index (χ1) is 10.7. The number of rotatable bonds is 7. The van der Waals surface area contributed by atoms with Gasteiger partial charge in [-0.25, -0.2) is 9.78 Å². The summed E-state index contributed by atoms with van der Waals surface area (Å²) in [5, 5.41) is 18.0. The zero-order valence-corrected chi connectivity index (χ0v) is 13.4. The molecule has 2 aromatic rings. The highest BCUT2D eigenvalue weighted by Crippen LogP contribution is 2.10. The first-order valence-electron chi connectivity index (χ1n) is 7.35. The monoisotopic (exact) mass is 319 g/mol. The maximum Gasteiger partial charge on any atom is 0.315 e. The van der Waals surface area contributed by atoms with Crippen LogP contribution in [0.25, 0.3) is 0 Å². The summed E-state index contributed by atoms with van der Waals surface area (Å²) in [4.78, 5) is 16.2. The van der Waals surface area contributed by atoms with Crippen molar-refractivity contribution < 1.29 is 9.90 Å². The Morgan fingerprint density at radius 2 is 2.05 bits per heavy atom. The van der Waals surface area contributed by atoms with Gasteiger partial charge in [0.15, 0.2) is 0 Å².